The van der Waals surface area contributed by atoms with Crippen LogP contribution in [0.4, 0.5) is 0 Å². The second-order valence-corrected chi connectivity index (χ2v) is 17.3. The molecule has 3 heterocycles. The van der Waals surface area contributed by atoms with E-state index in [0.717, 1.165) is 20.8 Å². The Labute approximate surface area is 373 Å². The van der Waals surface area contributed by atoms with Crippen LogP contribution >= 0.6 is 0 Å². The molecule has 7 rings (SSSR count). The van der Waals surface area contributed by atoms with E-state index in [0.29, 0.717) is 0 Å². The number of ether oxygens (including phenoxy) is 8. The third-order valence-electron chi connectivity index (χ3n) is 13.3. The molecule has 1 aromatic heterocycles. The summed E-state index contributed by atoms with van der Waals surface area (Å²) in [6.45, 7) is 7.24. The van der Waals surface area contributed by atoms with Crippen LogP contribution in [0.2, 0.25) is 0 Å². The molecule has 1 spiro atoms. The highest BCUT2D eigenvalue weighted by Gasteiger charge is 2.91. The lowest BCUT2D eigenvalue weighted by molar-refractivity contribution is -0.384. The van der Waals surface area contributed by atoms with Gasteiger partial charge in [0.2, 0.25) is 0 Å². The van der Waals surface area contributed by atoms with Gasteiger partial charge in [-0.1, -0.05) is 57.2 Å². The molecule has 4 bridgehead atoms. The van der Waals surface area contributed by atoms with Gasteiger partial charge in [0.1, 0.15) is 54.2 Å². The van der Waals surface area contributed by atoms with Gasteiger partial charge < -0.3 is 48.1 Å². The summed E-state index contributed by atoms with van der Waals surface area (Å²) < 4.78 is 50.2. The van der Waals surface area contributed by atoms with E-state index in [1.807, 2.05) is 0 Å². The van der Waals surface area contributed by atoms with Crippen molar-refractivity contribution >= 4 is 41.8 Å². The number of rotatable bonds is 9. The van der Waals surface area contributed by atoms with Crippen LogP contribution in [0.5, 0.6) is 0 Å². The first-order valence-corrected chi connectivity index (χ1v) is 21.2. The molecule has 2 N–H and O–H groups in total. The second-order valence-electron chi connectivity index (χ2n) is 17.3. The van der Waals surface area contributed by atoms with E-state index in [1.54, 1.807) is 31.2 Å². The molecule has 346 valence electrons. The Morgan fingerprint density at radius 1 is 0.785 bits per heavy atom. The highest BCUT2D eigenvalue weighted by molar-refractivity contribution is 5.92. The van der Waals surface area contributed by atoms with E-state index < -0.39 is 132 Å². The number of cyclic esters (lactones) is 1. The largest absolute Gasteiger partial charge is 0.465 e. The number of aliphatic hydroxyl groups excluding tert-OH is 1. The molecule has 2 aliphatic heterocycles. The minimum absolute atomic E-state index is 0.0189. The van der Waals surface area contributed by atoms with Gasteiger partial charge in [-0.15, -0.1) is 0 Å². The first kappa shape index (κ1) is 46.7. The zero-order valence-electron chi connectivity index (χ0n) is 36.8. The monoisotopic (exact) mass is 901 g/mol. The molecular weight excluding hydrogens is 851 g/mol. The average Bonchev–Trinajstić information content (AvgIpc) is 3.51. The number of esters is 7. The molecule has 65 heavy (non-hydrogen) atoms. The van der Waals surface area contributed by atoms with E-state index in [4.69, 9.17) is 37.9 Å². The van der Waals surface area contributed by atoms with Crippen LogP contribution in [-0.2, 0) is 57.1 Å². The van der Waals surface area contributed by atoms with E-state index in [2.05, 4.69) is 4.98 Å². The van der Waals surface area contributed by atoms with Crippen LogP contribution < -0.4 is 0 Å². The highest BCUT2D eigenvalue weighted by Crippen LogP contribution is 2.70. The van der Waals surface area contributed by atoms with Gasteiger partial charge >= 0.3 is 41.8 Å². The molecule has 0 radical (unpaired) electrons. The summed E-state index contributed by atoms with van der Waals surface area (Å²) in [5.41, 5.74) is -10.5. The Hall–Kier alpha value is -6.24. The molecule has 18 heteroatoms. The summed E-state index contributed by atoms with van der Waals surface area (Å²) in [6, 6.07) is 18.0. The maximum absolute atomic E-state index is 14.5. The molecule has 3 fully saturated rings. The van der Waals surface area contributed by atoms with E-state index in [9.17, 15) is 43.8 Å². The SMILES string of the molecule is CCC(=O)O[C@@H]1[C@@H]2[C@@H](OC(=O)c3ccccc3)[C@@]34O[C@@]2(C)COC(=O)c2cccnc2[C@@H](C)[C@H](C)C(=O)O[C@@H]([C@H](O)[C@H](OC(=O)c2ccccc2)[C@@]3(COC(C)=O)[C@@H]1OC(C)=O)[C@]4(C)O. The van der Waals surface area contributed by atoms with Crippen LogP contribution in [0.1, 0.15) is 97.6 Å². The number of aliphatic hydroxyl groups is 2. The number of nitrogens with zero attached hydrogens (tertiary/aromatic N) is 1. The molecule has 1 saturated heterocycles. The molecule has 2 aromatic carbocycles. The molecule has 18 nitrogen and oxygen atoms in total. The first-order chi connectivity index (χ1) is 30.7. The fraction of sp³-hybridized carbons (Fsp3) is 0.489. The summed E-state index contributed by atoms with van der Waals surface area (Å²) in [4.78, 5) is 102. The Morgan fingerprint density at radius 3 is 1.95 bits per heavy atom. The molecule has 2 aliphatic carbocycles. The predicted octanol–water partition coefficient (Wildman–Crippen LogP) is 3.44. The predicted molar refractivity (Wildman–Crippen MR) is 220 cm³/mol. The number of aromatic nitrogens is 1. The van der Waals surface area contributed by atoms with Gasteiger partial charge in [0.05, 0.1) is 34.2 Å². The molecule has 2 saturated carbocycles. The fourth-order valence-electron chi connectivity index (χ4n) is 10.2. The van der Waals surface area contributed by atoms with Crippen molar-refractivity contribution in [3.8, 4) is 0 Å². The van der Waals surface area contributed by atoms with Gasteiger partial charge in [0.15, 0.2) is 17.8 Å². The van der Waals surface area contributed by atoms with Crippen molar-refractivity contribution in [2.24, 2.45) is 17.3 Å². The third kappa shape index (κ3) is 7.70. The highest BCUT2D eigenvalue weighted by atomic mass is 16.7. The Bertz CT molecular complexity index is 2360. The Morgan fingerprint density at radius 2 is 1.38 bits per heavy atom. The minimum atomic E-state index is -2.87. The standard InChI is InChI=1S/C47H51NO17/c1-8-31(51)61-35-32-36(62-41(54)28-16-11-9-12-17-28)47-45(7,57)37(63-40(53)25(3)24(2)33-30(20-15-21-48-33)43(56)59-22-44(32,6)65-47)34(52)38(64-42(55)29-18-13-10-14-19-29)46(47,23-58-26(4)49)39(35)60-27(5)50/h9-21,24-25,32,34-39,52,57H,8,22-23H2,1-7H3/t24-,25-,32+,34-,35+,36+,37-,38-,39+,44-,45-,46-,47-/m0/s1. The first-order valence-electron chi connectivity index (χ1n) is 21.2. The maximum atomic E-state index is 14.5. The lowest BCUT2D eigenvalue weighted by atomic mass is 9.45. The van der Waals surface area contributed by atoms with Crippen LogP contribution in [0.25, 0.3) is 0 Å². The summed E-state index contributed by atoms with van der Waals surface area (Å²) in [7, 11) is 0. The maximum Gasteiger partial charge on any atom is 0.340 e. The van der Waals surface area contributed by atoms with Crippen molar-refractivity contribution in [3.63, 3.8) is 0 Å². The van der Waals surface area contributed by atoms with E-state index >= 15 is 0 Å². The van der Waals surface area contributed by atoms with E-state index in [-0.39, 0.29) is 28.8 Å². The number of hydrogen-bond donors (Lipinski definition) is 2. The number of pyridine rings is 1. The Kier molecular flexibility index (Phi) is 12.7. The lowest BCUT2D eigenvalue weighted by Crippen LogP contribution is -2.89. The van der Waals surface area contributed by atoms with Crippen LogP contribution in [-0.4, -0.2) is 124 Å². The average molecular weight is 902 g/mol. The number of fused-ring (bicyclic) bond motifs is 5. The number of carbonyl (C=O) groups excluding carboxylic acids is 7. The summed E-state index contributed by atoms with van der Waals surface area (Å²) in [5, 5.41) is 26.5. The van der Waals surface area contributed by atoms with Crippen LogP contribution in [0.3, 0.4) is 0 Å². The summed E-state index contributed by atoms with van der Waals surface area (Å²) >= 11 is 0. The quantitative estimate of drug-likeness (QED) is 0.231. The summed E-state index contributed by atoms with van der Waals surface area (Å²) in [5.74, 6) is -10.7. The number of benzene rings is 2. The lowest BCUT2D eigenvalue weighted by Gasteiger charge is -2.67. The van der Waals surface area contributed by atoms with E-state index in [1.165, 1.54) is 75.5 Å². The molecule has 0 unspecified atom stereocenters. The van der Waals surface area contributed by atoms with Crippen LogP contribution in [0, 0.1) is 17.3 Å². The molecular formula is C47H51NO17. The smallest absolute Gasteiger partial charge is 0.340 e. The zero-order valence-corrected chi connectivity index (χ0v) is 36.8. The molecule has 13 atom stereocenters. The van der Waals surface area contributed by atoms with Crippen molar-refractivity contribution in [2.45, 2.75) is 114 Å². The number of hydrogen-bond acceptors (Lipinski definition) is 18. The van der Waals surface area contributed by atoms with Crippen molar-refractivity contribution < 1.29 is 81.7 Å². The van der Waals surface area contributed by atoms with Gasteiger partial charge in [0, 0.05) is 32.4 Å². The zero-order chi connectivity index (χ0) is 47.2. The van der Waals surface area contributed by atoms with Crippen molar-refractivity contribution in [1.82, 2.24) is 4.98 Å². The van der Waals surface area contributed by atoms with Gasteiger partial charge in [-0.25, -0.2) is 14.4 Å². The van der Waals surface area contributed by atoms with Gasteiger partial charge in [-0.05, 0) is 50.2 Å². The van der Waals surface area contributed by atoms with Crippen molar-refractivity contribution in [3.05, 3.63) is 101 Å². The number of carbonyl (C=O) groups is 7. The second kappa shape index (κ2) is 17.6. The van der Waals surface area contributed by atoms with Gasteiger partial charge in [0.25, 0.3) is 0 Å². The molecule has 4 aliphatic rings. The van der Waals surface area contributed by atoms with Gasteiger partial charge in [-0.2, -0.15) is 0 Å². The van der Waals surface area contributed by atoms with Crippen LogP contribution in [0.15, 0.2) is 79.0 Å². The minimum Gasteiger partial charge on any atom is -0.465 e. The molecule has 3 aromatic rings. The van der Waals surface area contributed by atoms with Crippen molar-refractivity contribution in [2.75, 3.05) is 13.2 Å². The summed E-state index contributed by atoms with van der Waals surface area (Å²) in [6.07, 6.45) is -11.5. The third-order valence-corrected chi connectivity index (χ3v) is 13.3. The molecule has 0 amide bonds. The topological polar surface area (TPSA) is 247 Å². The van der Waals surface area contributed by atoms with Gasteiger partial charge in [-0.3, -0.25) is 24.2 Å². The van der Waals surface area contributed by atoms with Crippen molar-refractivity contribution in [1.29, 1.82) is 0 Å². The fourth-order valence-corrected chi connectivity index (χ4v) is 10.2. The normalized spacial score (nSPS) is 34.9. The Balaban J connectivity index is 1.62.